The molecular weight excluding hydrogens is 562 g/mol. The van der Waals surface area contributed by atoms with Gasteiger partial charge in [-0.2, -0.15) is 4.98 Å². The lowest BCUT2D eigenvalue weighted by atomic mass is 9.90. The maximum absolute atomic E-state index is 14.9. The Morgan fingerprint density at radius 1 is 1.16 bits per heavy atom. The van der Waals surface area contributed by atoms with E-state index in [1.807, 2.05) is 17.7 Å². The number of piperazine rings is 1. The minimum Gasteiger partial charge on any atom is -0.508 e. The SMILES string of the molecule is C#Cc1c(F)ccc2cc(O)cc(-c3nc4c(N5CC6CCC(C5)N6)nc(OCC[C@@]56CCCN5C[C@H](F)C6)cc4n3C)c12. The number of rotatable bonds is 6. The second-order valence-corrected chi connectivity index (χ2v) is 13.0. The molecule has 4 aliphatic heterocycles. The first-order valence-electron chi connectivity index (χ1n) is 15.6. The number of halogens is 2. The third-order valence-electron chi connectivity index (χ3n) is 10.4. The van der Waals surface area contributed by atoms with Crippen molar-refractivity contribution in [2.75, 3.05) is 37.7 Å². The normalized spacial score (nSPS) is 26.5. The lowest BCUT2D eigenvalue weighted by molar-refractivity contribution is 0.148. The molecule has 10 heteroatoms. The van der Waals surface area contributed by atoms with Crippen molar-refractivity contribution in [3.8, 4) is 35.4 Å². The van der Waals surface area contributed by atoms with Gasteiger partial charge in [-0.3, -0.25) is 4.90 Å². The summed E-state index contributed by atoms with van der Waals surface area (Å²) < 4.78 is 37.6. The van der Waals surface area contributed by atoms with Crippen molar-refractivity contribution in [3.63, 3.8) is 0 Å². The molecule has 2 aromatic heterocycles. The third-order valence-corrected chi connectivity index (χ3v) is 10.4. The molecule has 2 aromatic carbocycles. The smallest absolute Gasteiger partial charge is 0.217 e. The third kappa shape index (κ3) is 4.39. The Bertz CT molecular complexity index is 1820. The molecule has 4 fully saturated rings. The fraction of sp³-hybridized carbons (Fsp3) is 0.471. The molecule has 0 amide bonds. The van der Waals surface area contributed by atoms with Gasteiger partial charge >= 0.3 is 0 Å². The van der Waals surface area contributed by atoms with Crippen LogP contribution in [0.5, 0.6) is 11.6 Å². The van der Waals surface area contributed by atoms with E-state index in [-0.39, 0.29) is 16.9 Å². The molecule has 2 unspecified atom stereocenters. The average Bonchev–Trinajstić information content (AvgIpc) is 3.73. The van der Waals surface area contributed by atoms with Crippen molar-refractivity contribution in [1.82, 2.24) is 24.8 Å². The summed E-state index contributed by atoms with van der Waals surface area (Å²) in [5, 5.41) is 15.5. The highest BCUT2D eigenvalue weighted by Gasteiger charge is 2.48. The molecule has 2 N–H and O–H groups in total. The van der Waals surface area contributed by atoms with Gasteiger partial charge in [0.05, 0.1) is 17.7 Å². The Labute approximate surface area is 255 Å². The van der Waals surface area contributed by atoms with E-state index in [0.29, 0.717) is 65.2 Å². The molecule has 8 rings (SSSR count). The molecule has 4 saturated heterocycles. The average molecular weight is 599 g/mol. The lowest BCUT2D eigenvalue weighted by Crippen LogP contribution is -2.51. The van der Waals surface area contributed by atoms with Crippen molar-refractivity contribution in [2.45, 2.75) is 62.3 Å². The molecule has 6 heterocycles. The summed E-state index contributed by atoms with van der Waals surface area (Å²) in [6, 6.07) is 8.78. The minimum atomic E-state index is -0.774. The number of phenols is 1. The Balaban J connectivity index is 1.22. The van der Waals surface area contributed by atoms with Gasteiger partial charge in [0.15, 0.2) is 5.82 Å². The fourth-order valence-corrected chi connectivity index (χ4v) is 8.35. The van der Waals surface area contributed by atoms with Crippen LogP contribution in [0.3, 0.4) is 0 Å². The summed E-state index contributed by atoms with van der Waals surface area (Å²) in [6.45, 7) is 3.54. The topological polar surface area (TPSA) is 78.7 Å². The first-order valence-corrected chi connectivity index (χ1v) is 15.6. The number of fused-ring (bicyclic) bond motifs is 5. The number of ether oxygens (including phenoxy) is 1. The summed E-state index contributed by atoms with van der Waals surface area (Å²) in [5.74, 6) is 3.84. The molecule has 4 aromatic rings. The number of anilines is 1. The second-order valence-electron chi connectivity index (χ2n) is 13.0. The first-order chi connectivity index (χ1) is 21.3. The summed E-state index contributed by atoms with van der Waals surface area (Å²) in [7, 11) is 1.90. The van der Waals surface area contributed by atoms with Gasteiger partial charge in [-0.1, -0.05) is 12.0 Å². The molecule has 4 atom stereocenters. The number of phenolic OH excluding ortho intramolecular Hbond substituents is 1. The number of benzene rings is 2. The molecule has 228 valence electrons. The van der Waals surface area contributed by atoms with Crippen molar-refractivity contribution in [2.24, 2.45) is 7.05 Å². The molecule has 44 heavy (non-hydrogen) atoms. The Morgan fingerprint density at radius 2 is 1.98 bits per heavy atom. The van der Waals surface area contributed by atoms with E-state index in [9.17, 15) is 13.9 Å². The maximum Gasteiger partial charge on any atom is 0.217 e. The molecule has 8 nitrogen and oxygen atoms in total. The van der Waals surface area contributed by atoms with Gasteiger partial charge < -0.3 is 24.6 Å². The van der Waals surface area contributed by atoms with E-state index in [1.165, 1.54) is 6.07 Å². The van der Waals surface area contributed by atoms with Crippen LogP contribution in [0.15, 0.2) is 30.3 Å². The quantitative estimate of drug-likeness (QED) is 0.306. The van der Waals surface area contributed by atoms with Crippen LogP contribution in [-0.2, 0) is 7.05 Å². The molecule has 0 saturated carbocycles. The van der Waals surface area contributed by atoms with Crippen molar-refractivity contribution in [3.05, 3.63) is 41.7 Å². The Morgan fingerprint density at radius 3 is 2.77 bits per heavy atom. The van der Waals surface area contributed by atoms with Gasteiger partial charge in [0.25, 0.3) is 0 Å². The van der Waals surface area contributed by atoms with Crippen LogP contribution in [0.2, 0.25) is 0 Å². The zero-order chi connectivity index (χ0) is 30.2. The number of alkyl halides is 1. The predicted octanol–water partition coefficient (Wildman–Crippen LogP) is 4.90. The summed E-state index contributed by atoms with van der Waals surface area (Å²) in [6.07, 6.45) is 10.7. The minimum absolute atomic E-state index is 0.0398. The van der Waals surface area contributed by atoms with Crippen molar-refractivity contribution in [1.29, 1.82) is 0 Å². The number of imidazole rings is 1. The van der Waals surface area contributed by atoms with Crippen LogP contribution >= 0.6 is 0 Å². The highest BCUT2D eigenvalue weighted by Crippen LogP contribution is 2.43. The number of aryl methyl sites for hydroxylation is 1. The highest BCUT2D eigenvalue weighted by atomic mass is 19.1. The monoisotopic (exact) mass is 598 g/mol. The number of hydrogen-bond acceptors (Lipinski definition) is 7. The van der Waals surface area contributed by atoms with E-state index in [1.54, 1.807) is 18.2 Å². The van der Waals surface area contributed by atoms with Gasteiger partial charge in [0.2, 0.25) is 5.88 Å². The molecule has 0 spiro atoms. The van der Waals surface area contributed by atoms with E-state index >= 15 is 0 Å². The van der Waals surface area contributed by atoms with Crippen LogP contribution in [0.1, 0.15) is 44.1 Å². The van der Waals surface area contributed by atoms with Gasteiger partial charge in [0.1, 0.15) is 29.1 Å². The van der Waals surface area contributed by atoms with Gasteiger partial charge in [-0.15, -0.1) is 6.42 Å². The number of aromatic hydroxyl groups is 1. The molecule has 4 aliphatic rings. The molecule has 0 radical (unpaired) electrons. The number of pyridine rings is 1. The first kappa shape index (κ1) is 27.6. The van der Waals surface area contributed by atoms with Crippen molar-refractivity contribution < 1.29 is 18.6 Å². The zero-order valence-electron chi connectivity index (χ0n) is 24.8. The fourth-order valence-electron chi connectivity index (χ4n) is 8.35. The Kier molecular flexibility index (Phi) is 6.47. The lowest BCUT2D eigenvalue weighted by Gasteiger charge is -2.34. The number of terminal acetylenes is 1. The van der Waals surface area contributed by atoms with Crippen LogP contribution in [0.25, 0.3) is 33.2 Å². The van der Waals surface area contributed by atoms with Crippen LogP contribution in [-0.4, -0.2) is 81.1 Å². The number of nitrogens with one attached hydrogen (secondary N) is 1. The summed E-state index contributed by atoms with van der Waals surface area (Å²) in [4.78, 5) is 14.7. The maximum atomic E-state index is 14.9. The van der Waals surface area contributed by atoms with Crippen LogP contribution in [0.4, 0.5) is 14.6 Å². The predicted molar refractivity (Wildman–Crippen MR) is 166 cm³/mol. The molecule has 0 aliphatic carbocycles. The van der Waals surface area contributed by atoms with Crippen LogP contribution < -0.4 is 15.0 Å². The number of nitrogens with zero attached hydrogens (tertiary/aromatic N) is 5. The van der Waals surface area contributed by atoms with E-state index < -0.39 is 12.0 Å². The van der Waals surface area contributed by atoms with E-state index in [0.717, 1.165) is 63.1 Å². The number of hydrogen-bond donors (Lipinski definition) is 2. The Hall–Kier alpha value is -3.94. The van der Waals surface area contributed by atoms with E-state index in [4.69, 9.17) is 21.1 Å². The van der Waals surface area contributed by atoms with Crippen molar-refractivity contribution >= 4 is 27.6 Å². The summed E-state index contributed by atoms with van der Waals surface area (Å²) in [5.41, 5.74) is 2.08. The van der Waals surface area contributed by atoms with Gasteiger partial charge in [-0.25, -0.2) is 13.8 Å². The molecular formula is C34H36F2N6O2. The second kappa shape index (κ2) is 10.3. The van der Waals surface area contributed by atoms with Gasteiger partial charge in [-0.05, 0) is 62.2 Å². The number of aromatic nitrogens is 3. The van der Waals surface area contributed by atoms with E-state index in [2.05, 4.69) is 21.0 Å². The largest absolute Gasteiger partial charge is 0.508 e. The van der Waals surface area contributed by atoms with Crippen LogP contribution in [0, 0.1) is 18.2 Å². The van der Waals surface area contributed by atoms with Gasteiger partial charge in [0, 0.05) is 67.7 Å². The summed E-state index contributed by atoms with van der Waals surface area (Å²) >= 11 is 0. The highest BCUT2D eigenvalue weighted by molar-refractivity contribution is 6.02. The standard InChI is InChI=1S/C34H36F2N6O2/c1-3-25-27(36)8-5-20-13-24(43)14-26(30(20)25)32-39-31-28(40(32)2)15-29(38-33(31)41-18-22-6-7-23(19-41)37-22)44-12-10-34-9-4-11-42(34)17-21(35)16-34/h1,5,8,13-15,21-23,37,43H,4,6-7,9-12,16-19H2,2H3/t21-,22?,23?,34-/m1/s1. The molecule has 2 bridgehead atoms. The zero-order valence-corrected chi connectivity index (χ0v) is 24.8.